The van der Waals surface area contributed by atoms with Crippen LogP contribution in [0.1, 0.15) is 28.8 Å². The number of piperazine rings is 1. The average Bonchev–Trinajstić information content (AvgIpc) is 3.19. The summed E-state index contributed by atoms with van der Waals surface area (Å²) in [7, 11) is 2.13. The maximum atomic E-state index is 12.4. The molecule has 1 aromatic carbocycles. The highest BCUT2D eigenvalue weighted by atomic mass is 16.2. The van der Waals surface area contributed by atoms with Crippen molar-refractivity contribution in [2.75, 3.05) is 49.6 Å². The number of hydrogen-bond donors (Lipinski definition) is 1. The van der Waals surface area contributed by atoms with Crippen molar-refractivity contribution in [1.82, 2.24) is 15.2 Å². The van der Waals surface area contributed by atoms with Crippen LogP contribution in [0.2, 0.25) is 0 Å². The SMILES string of the molecule is CN1CCN(c2ccc(CNC(=O)c3ccc(N4CCCC4=O)cc3)cn2)CC1. The molecule has 0 unspecified atom stereocenters. The fraction of sp³-hybridized carbons (Fsp3) is 0.409. The van der Waals surface area contributed by atoms with E-state index in [-0.39, 0.29) is 11.8 Å². The molecule has 152 valence electrons. The number of nitrogens with one attached hydrogen (secondary N) is 1. The Kier molecular flexibility index (Phi) is 5.76. The summed E-state index contributed by atoms with van der Waals surface area (Å²) in [4.78, 5) is 35.2. The van der Waals surface area contributed by atoms with Crippen molar-refractivity contribution in [2.45, 2.75) is 19.4 Å². The van der Waals surface area contributed by atoms with Crippen LogP contribution in [0, 0.1) is 0 Å². The van der Waals surface area contributed by atoms with E-state index in [1.807, 2.05) is 30.5 Å². The summed E-state index contributed by atoms with van der Waals surface area (Å²) in [5.74, 6) is 1.00. The minimum Gasteiger partial charge on any atom is -0.354 e. The van der Waals surface area contributed by atoms with Crippen molar-refractivity contribution in [2.24, 2.45) is 0 Å². The van der Waals surface area contributed by atoms with Crippen molar-refractivity contribution >= 4 is 23.3 Å². The number of hydrogen-bond acceptors (Lipinski definition) is 5. The van der Waals surface area contributed by atoms with E-state index >= 15 is 0 Å². The molecule has 3 heterocycles. The molecule has 2 aliphatic rings. The number of carbonyl (C=O) groups is 2. The third-order valence-corrected chi connectivity index (χ3v) is 5.60. The van der Waals surface area contributed by atoms with Gasteiger partial charge in [-0.15, -0.1) is 0 Å². The molecule has 1 aromatic heterocycles. The molecule has 2 aromatic rings. The van der Waals surface area contributed by atoms with E-state index in [1.165, 1.54) is 0 Å². The molecule has 0 saturated carbocycles. The van der Waals surface area contributed by atoms with Crippen molar-refractivity contribution in [3.8, 4) is 0 Å². The van der Waals surface area contributed by atoms with Gasteiger partial charge in [0.15, 0.2) is 0 Å². The predicted octanol–water partition coefficient (Wildman–Crippen LogP) is 1.89. The van der Waals surface area contributed by atoms with Gasteiger partial charge in [-0.2, -0.15) is 0 Å². The fourth-order valence-electron chi connectivity index (χ4n) is 3.74. The lowest BCUT2D eigenvalue weighted by Gasteiger charge is -2.33. The highest BCUT2D eigenvalue weighted by molar-refractivity contribution is 5.97. The van der Waals surface area contributed by atoms with Crippen molar-refractivity contribution in [1.29, 1.82) is 0 Å². The molecule has 2 fully saturated rings. The summed E-state index contributed by atoms with van der Waals surface area (Å²) < 4.78 is 0. The molecule has 29 heavy (non-hydrogen) atoms. The molecule has 7 heteroatoms. The van der Waals surface area contributed by atoms with Gasteiger partial charge in [0.25, 0.3) is 5.91 Å². The number of amides is 2. The van der Waals surface area contributed by atoms with Crippen LogP contribution in [0.15, 0.2) is 42.6 Å². The Balaban J connectivity index is 1.30. The second kappa shape index (κ2) is 8.61. The quantitative estimate of drug-likeness (QED) is 0.840. The number of aromatic nitrogens is 1. The molecule has 2 saturated heterocycles. The van der Waals surface area contributed by atoms with Crippen molar-refractivity contribution in [3.05, 3.63) is 53.7 Å². The third kappa shape index (κ3) is 4.56. The number of carbonyl (C=O) groups excluding carboxylic acids is 2. The standard InChI is InChI=1S/C22H27N5O2/c1-25-11-13-26(14-12-25)20-9-4-17(15-23-20)16-24-22(29)18-5-7-19(8-6-18)27-10-2-3-21(27)28/h4-9,15H,2-3,10-14,16H2,1H3,(H,24,29). The molecule has 0 bridgehead atoms. The first-order valence-electron chi connectivity index (χ1n) is 10.2. The largest absolute Gasteiger partial charge is 0.354 e. The fourth-order valence-corrected chi connectivity index (χ4v) is 3.74. The van der Waals surface area contributed by atoms with Crippen LogP contribution in [0.4, 0.5) is 11.5 Å². The van der Waals surface area contributed by atoms with E-state index in [2.05, 4.69) is 27.1 Å². The van der Waals surface area contributed by atoms with Crippen LogP contribution in [0.3, 0.4) is 0 Å². The minimum atomic E-state index is -0.132. The number of rotatable bonds is 5. The van der Waals surface area contributed by atoms with Gasteiger partial charge in [-0.1, -0.05) is 6.07 Å². The molecule has 2 amide bonds. The lowest BCUT2D eigenvalue weighted by atomic mass is 10.1. The van der Waals surface area contributed by atoms with Crippen LogP contribution in [0.25, 0.3) is 0 Å². The minimum absolute atomic E-state index is 0.132. The number of pyridine rings is 1. The van der Waals surface area contributed by atoms with Crippen LogP contribution >= 0.6 is 0 Å². The molecular formula is C22H27N5O2. The zero-order valence-electron chi connectivity index (χ0n) is 16.8. The maximum Gasteiger partial charge on any atom is 0.251 e. The van der Waals surface area contributed by atoms with Gasteiger partial charge in [0.1, 0.15) is 5.82 Å². The summed E-state index contributed by atoms with van der Waals surface area (Å²) in [5.41, 5.74) is 2.41. The van der Waals surface area contributed by atoms with E-state index in [1.54, 1.807) is 17.0 Å². The number of nitrogens with zero attached hydrogens (tertiary/aromatic N) is 4. The summed E-state index contributed by atoms with van der Waals surface area (Å²) in [6.45, 7) is 5.24. The van der Waals surface area contributed by atoms with Crippen LogP contribution in [-0.4, -0.2) is 61.5 Å². The van der Waals surface area contributed by atoms with Crippen LogP contribution in [-0.2, 0) is 11.3 Å². The van der Waals surface area contributed by atoms with Crippen molar-refractivity contribution < 1.29 is 9.59 Å². The lowest BCUT2D eigenvalue weighted by molar-refractivity contribution is -0.117. The van der Waals surface area contributed by atoms with Gasteiger partial charge >= 0.3 is 0 Å². The Labute approximate surface area is 171 Å². The molecule has 0 atom stereocenters. The summed E-state index contributed by atoms with van der Waals surface area (Å²) >= 11 is 0. The third-order valence-electron chi connectivity index (χ3n) is 5.60. The summed E-state index contributed by atoms with van der Waals surface area (Å²) in [6.07, 6.45) is 3.32. The second-order valence-corrected chi connectivity index (χ2v) is 7.69. The van der Waals surface area contributed by atoms with E-state index in [9.17, 15) is 9.59 Å². The molecule has 7 nitrogen and oxygen atoms in total. The van der Waals surface area contributed by atoms with Gasteiger partial charge in [-0.3, -0.25) is 9.59 Å². The first kappa shape index (κ1) is 19.4. The molecular weight excluding hydrogens is 366 g/mol. The normalized spacial score (nSPS) is 17.6. The molecule has 0 spiro atoms. The first-order chi connectivity index (χ1) is 14.1. The molecule has 0 radical (unpaired) electrons. The zero-order chi connectivity index (χ0) is 20.2. The van der Waals surface area contributed by atoms with Gasteiger partial charge in [0.2, 0.25) is 5.91 Å². The summed E-state index contributed by atoms with van der Waals surface area (Å²) in [6, 6.07) is 11.3. The van der Waals surface area contributed by atoms with E-state index in [0.29, 0.717) is 18.5 Å². The molecule has 2 aliphatic heterocycles. The maximum absolute atomic E-state index is 12.4. The molecule has 1 N–H and O–H groups in total. The first-order valence-corrected chi connectivity index (χ1v) is 10.2. The number of likely N-dealkylation sites (N-methyl/N-ethyl adjacent to an activating group) is 1. The summed E-state index contributed by atoms with van der Waals surface area (Å²) in [5, 5.41) is 2.94. The highest BCUT2D eigenvalue weighted by Crippen LogP contribution is 2.21. The average molecular weight is 393 g/mol. The molecule has 4 rings (SSSR count). The van der Waals surface area contributed by atoms with Crippen molar-refractivity contribution in [3.63, 3.8) is 0 Å². The topological polar surface area (TPSA) is 68.8 Å². The van der Waals surface area contributed by atoms with Gasteiger partial charge in [-0.05, 0) is 49.4 Å². The van der Waals surface area contributed by atoms with Gasteiger partial charge in [0, 0.05) is 63.1 Å². The second-order valence-electron chi connectivity index (χ2n) is 7.69. The highest BCUT2D eigenvalue weighted by Gasteiger charge is 2.21. The van der Waals surface area contributed by atoms with E-state index in [4.69, 9.17) is 0 Å². The Hall–Kier alpha value is -2.93. The smallest absolute Gasteiger partial charge is 0.251 e. The molecule has 0 aliphatic carbocycles. The number of anilines is 2. The van der Waals surface area contributed by atoms with Crippen LogP contribution < -0.4 is 15.1 Å². The number of benzene rings is 1. The van der Waals surface area contributed by atoms with E-state index < -0.39 is 0 Å². The Morgan fingerprint density at radius 3 is 2.41 bits per heavy atom. The monoisotopic (exact) mass is 393 g/mol. The van der Waals surface area contributed by atoms with Crippen LogP contribution in [0.5, 0.6) is 0 Å². The van der Waals surface area contributed by atoms with Gasteiger partial charge in [0.05, 0.1) is 0 Å². The lowest BCUT2D eigenvalue weighted by Crippen LogP contribution is -2.44. The van der Waals surface area contributed by atoms with Gasteiger partial charge < -0.3 is 20.0 Å². The Bertz CT molecular complexity index is 858. The predicted molar refractivity (Wildman–Crippen MR) is 113 cm³/mol. The Morgan fingerprint density at radius 1 is 1.03 bits per heavy atom. The van der Waals surface area contributed by atoms with Gasteiger partial charge in [-0.25, -0.2) is 4.98 Å². The van der Waals surface area contributed by atoms with E-state index in [0.717, 1.165) is 56.2 Å². The Morgan fingerprint density at radius 2 is 1.79 bits per heavy atom. The zero-order valence-corrected chi connectivity index (χ0v) is 16.8.